The van der Waals surface area contributed by atoms with Gasteiger partial charge in [0.05, 0.1) is 5.69 Å². The molecule has 0 aliphatic carbocycles. The number of hydrogen-bond donors (Lipinski definition) is 2. The van der Waals surface area contributed by atoms with Crippen molar-refractivity contribution in [1.29, 1.82) is 0 Å². The van der Waals surface area contributed by atoms with E-state index < -0.39 is 12.1 Å². The van der Waals surface area contributed by atoms with Crippen LogP contribution in [0.2, 0.25) is 0 Å². The summed E-state index contributed by atoms with van der Waals surface area (Å²) in [6, 6.07) is 9.98. The number of carbonyl (C=O) groups excluding carboxylic acids is 2. The maximum absolute atomic E-state index is 12.2. The highest BCUT2D eigenvalue weighted by Crippen LogP contribution is 2.17. The van der Waals surface area contributed by atoms with Crippen LogP contribution < -0.4 is 11.1 Å². The molecular weight excluding hydrogens is 322 g/mol. The lowest BCUT2D eigenvalue weighted by molar-refractivity contribution is -0.129. The minimum Gasteiger partial charge on any atom is -0.449 e. The summed E-state index contributed by atoms with van der Waals surface area (Å²) < 4.78 is 9.87. The second-order valence-corrected chi connectivity index (χ2v) is 5.99. The minimum atomic E-state index is -0.944. The van der Waals surface area contributed by atoms with Crippen molar-refractivity contribution in [2.24, 2.45) is 0 Å². The van der Waals surface area contributed by atoms with Gasteiger partial charge in [0, 0.05) is 6.04 Å². The Morgan fingerprint density at radius 2 is 1.96 bits per heavy atom. The molecule has 1 heterocycles. The van der Waals surface area contributed by atoms with Crippen molar-refractivity contribution in [3.63, 3.8) is 0 Å². The van der Waals surface area contributed by atoms with Gasteiger partial charge >= 0.3 is 5.97 Å². The zero-order chi connectivity index (χ0) is 18.4. The molecule has 7 nitrogen and oxygen atoms in total. The molecule has 0 saturated carbocycles. The molecule has 3 N–H and O–H groups in total. The summed E-state index contributed by atoms with van der Waals surface area (Å²) in [6.07, 6.45) is 0.696. The molecule has 7 heteroatoms. The lowest BCUT2D eigenvalue weighted by atomic mass is 10.1. The number of carbonyl (C=O) groups is 2. The molecule has 0 radical (unpaired) electrons. The Hall–Kier alpha value is -2.83. The molecule has 1 amide bonds. The van der Waals surface area contributed by atoms with Crippen molar-refractivity contribution in [2.45, 2.75) is 45.8 Å². The number of esters is 1. The van der Waals surface area contributed by atoms with Crippen molar-refractivity contribution in [3.05, 3.63) is 47.2 Å². The van der Waals surface area contributed by atoms with E-state index in [9.17, 15) is 9.59 Å². The summed E-state index contributed by atoms with van der Waals surface area (Å²) in [5, 5.41) is 6.43. The molecule has 0 bridgehead atoms. The van der Waals surface area contributed by atoms with Crippen LogP contribution >= 0.6 is 0 Å². The SMILES string of the molecule is Cc1noc(N)c1C(=O)O[C@H](C)C(=O)N[C@H](C)CCc1ccccc1. The number of nitrogens with zero attached hydrogens (tertiary/aromatic N) is 1. The first-order valence-electron chi connectivity index (χ1n) is 8.15. The van der Waals surface area contributed by atoms with Crippen LogP contribution in [0.25, 0.3) is 0 Å². The predicted octanol–water partition coefficient (Wildman–Crippen LogP) is 2.25. The van der Waals surface area contributed by atoms with Gasteiger partial charge in [-0.3, -0.25) is 4.79 Å². The van der Waals surface area contributed by atoms with Gasteiger partial charge in [0.2, 0.25) is 5.88 Å². The Kier molecular flexibility index (Phi) is 6.16. The Labute approximate surface area is 146 Å². The molecular formula is C18H23N3O4. The predicted molar refractivity (Wildman–Crippen MR) is 92.9 cm³/mol. The number of benzene rings is 1. The average Bonchev–Trinajstić information content (AvgIpc) is 2.92. The second kappa shape index (κ2) is 8.32. The van der Waals surface area contributed by atoms with Crippen molar-refractivity contribution < 1.29 is 18.8 Å². The Bertz CT molecular complexity index is 708. The maximum Gasteiger partial charge on any atom is 0.346 e. The van der Waals surface area contributed by atoms with E-state index in [1.807, 2.05) is 37.3 Å². The molecule has 2 aromatic rings. The first kappa shape index (κ1) is 18.5. The van der Waals surface area contributed by atoms with Gasteiger partial charge in [-0.1, -0.05) is 35.5 Å². The third-order valence-corrected chi connectivity index (χ3v) is 3.84. The number of nitrogens with two attached hydrogens (primary N) is 1. The molecule has 0 spiro atoms. The lowest BCUT2D eigenvalue weighted by Gasteiger charge is -2.18. The first-order chi connectivity index (χ1) is 11.9. The zero-order valence-corrected chi connectivity index (χ0v) is 14.6. The van der Waals surface area contributed by atoms with Gasteiger partial charge in [-0.15, -0.1) is 0 Å². The topological polar surface area (TPSA) is 107 Å². The Morgan fingerprint density at radius 3 is 2.56 bits per heavy atom. The van der Waals surface area contributed by atoms with Gasteiger partial charge in [-0.25, -0.2) is 4.79 Å². The van der Waals surface area contributed by atoms with Gasteiger partial charge in [0.25, 0.3) is 5.91 Å². The van der Waals surface area contributed by atoms with E-state index in [2.05, 4.69) is 10.5 Å². The van der Waals surface area contributed by atoms with Gasteiger partial charge in [-0.2, -0.15) is 0 Å². The molecule has 134 valence electrons. The van der Waals surface area contributed by atoms with E-state index in [1.54, 1.807) is 6.92 Å². The molecule has 0 unspecified atom stereocenters. The molecule has 25 heavy (non-hydrogen) atoms. The minimum absolute atomic E-state index is 0.0451. The van der Waals surface area contributed by atoms with Gasteiger partial charge < -0.3 is 20.3 Å². The van der Waals surface area contributed by atoms with Gasteiger partial charge in [-0.05, 0) is 39.2 Å². The normalized spacial score (nSPS) is 13.1. The molecule has 1 aromatic carbocycles. The molecule has 2 atom stereocenters. The number of ether oxygens (including phenoxy) is 1. The van der Waals surface area contributed by atoms with Gasteiger partial charge in [0.1, 0.15) is 5.56 Å². The molecule has 0 aliphatic heterocycles. The largest absolute Gasteiger partial charge is 0.449 e. The molecule has 0 fully saturated rings. The molecule has 0 aliphatic rings. The molecule has 1 aromatic heterocycles. The number of nitrogens with one attached hydrogen (secondary N) is 1. The number of amides is 1. The first-order valence-corrected chi connectivity index (χ1v) is 8.15. The quantitative estimate of drug-likeness (QED) is 0.745. The van der Waals surface area contributed by atoms with E-state index in [4.69, 9.17) is 15.0 Å². The Morgan fingerprint density at radius 1 is 1.28 bits per heavy atom. The van der Waals surface area contributed by atoms with E-state index in [-0.39, 0.29) is 23.4 Å². The summed E-state index contributed by atoms with van der Waals surface area (Å²) in [4.78, 5) is 24.3. The van der Waals surface area contributed by atoms with Crippen LogP contribution in [0.1, 0.15) is 41.9 Å². The summed E-state index contributed by atoms with van der Waals surface area (Å²) in [7, 11) is 0. The van der Waals surface area contributed by atoms with Gasteiger partial charge in [0.15, 0.2) is 6.10 Å². The highest BCUT2D eigenvalue weighted by Gasteiger charge is 2.25. The summed E-state index contributed by atoms with van der Waals surface area (Å²) in [5.41, 5.74) is 7.13. The van der Waals surface area contributed by atoms with E-state index in [0.29, 0.717) is 5.69 Å². The maximum atomic E-state index is 12.2. The number of aryl methyl sites for hydroxylation is 2. The van der Waals surface area contributed by atoms with Crippen molar-refractivity contribution in [1.82, 2.24) is 10.5 Å². The number of rotatable bonds is 7. The van der Waals surface area contributed by atoms with Crippen molar-refractivity contribution in [2.75, 3.05) is 5.73 Å². The highest BCUT2D eigenvalue weighted by atomic mass is 16.5. The monoisotopic (exact) mass is 345 g/mol. The third-order valence-electron chi connectivity index (χ3n) is 3.84. The number of nitrogen functional groups attached to an aromatic ring is 1. The lowest BCUT2D eigenvalue weighted by Crippen LogP contribution is -2.41. The number of anilines is 1. The average molecular weight is 345 g/mol. The van der Waals surface area contributed by atoms with E-state index in [0.717, 1.165) is 12.8 Å². The summed E-state index contributed by atoms with van der Waals surface area (Å²) >= 11 is 0. The number of aromatic nitrogens is 1. The van der Waals surface area contributed by atoms with E-state index in [1.165, 1.54) is 12.5 Å². The standard InChI is InChI=1S/C18H23N3O4/c1-11(9-10-14-7-5-4-6-8-14)20-17(22)13(3)24-18(23)15-12(2)21-25-16(15)19/h4-8,11,13H,9-10,19H2,1-3H3,(H,20,22)/t11-,13-/m1/s1. The fourth-order valence-electron chi connectivity index (χ4n) is 2.37. The molecule has 2 rings (SSSR count). The number of hydrogen-bond acceptors (Lipinski definition) is 6. The van der Waals surface area contributed by atoms with Crippen LogP contribution in [0, 0.1) is 6.92 Å². The van der Waals surface area contributed by atoms with E-state index >= 15 is 0 Å². The molecule has 0 saturated heterocycles. The van der Waals surface area contributed by atoms with Crippen molar-refractivity contribution in [3.8, 4) is 0 Å². The fraction of sp³-hybridized carbons (Fsp3) is 0.389. The second-order valence-electron chi connectivity index (χ2n) is 5.99. The van der Waals surface area contributed by atoms with Crippen LogP contribution in [0.4, 0.5) is 5.88 Å². The van der Waals surface area contributed by atoms with Crippen LogP contribution in [0.5, 0.6) is 0 Å². The smallest absolute Gasteiger partial charge is 0.346 e. The highest BCUT2D eigenvalue weighted by molar-refractivity contribution is 5.96. The van der Waals surface area contributed by atoms with Crippen LogP contribution in [0.15, 0.2) is 34.9 Å². The third kappa shape index (κ3) is 5.07. The van der Waals surface area contributed by atoms with Crippen molar-refractivity contribution >= 4 is 17.8 Å². The summed E-state index contributed by atoms with van der Waals surface area (Å²) in [6.45, 7) is 5.00. The Balaban J connectivity index is 1.82. The van der Waals surface area contributed by atoms with Crippen LogP contribution in [-0.4, -0.2) is 29.2 Å². The van der Waals surface area contributed by atoms with Crippen LogP contribution in [-0.2, 0) is 16.0 Å². The summed E-state index contributed by atoms with van der Waals surface area (Å²) in [5.74, 6) is -1.20. The van der Waals surface area contributed by atoms with Crippen LogP contribution in [0.3, 0.4) is 0 Å². The fourth-order valence-corrected chi connectivity index (χ4v) is 2.37. The zero-order valence-electron chi connectivity index (χ0n) is 14.6.